The number of amides is 1. The molecule has 0 aliphatic heterocycles. The van der Waals surface area contributed by atoms with Crippen LogP contribution in [0.2, 0.25) is 0 Å². The Labute approximate surface area is 131 Å². The molecular weight excluding hydrogens is 276 g/mol. The molecule has 3 rings (SSSR count). The highest BCUT2D eigenvalue weighted by Crippen LogP contribution is 2.20. The molecule has 0 unspecified atom stereocenters. The van der Waals surface area contributed by atoms with Crippen molar-refractivity contribution in [3.63, 3.8) is 0 Å². The van der Waals surface area contributed by atoms with Crippen LogP contribution in [0.3, 0.4) is 0 Å². The summed E-state index contributed by atoms with van der Waals surface area (Å²) in [6.45, 7) is 4.07. The van der Waals surface area contributed by atoms with Gasteiger partial charge in [0.05, 0.1) is 12.1 Å². The molecule has 2 aromatic heterocycles. The van der Waals surface area contributed by atoms with Crippen molar-refractivity contribution in [2.24, 2.45) is 0 Å². The van der Waals surface area contributed by atoms with Gasteiger partial charge in [0.1, 0.15) is 0 Å². The number of carbonyl (C=O) groups is 1. The van der Waals surface area contributed by atoms with Crippen LogP contribution in [0.5, 0.6) is 0 Å². The standard InChI is InChI=1S/C17H22N4O/c1-2-20(10-11-21-9-5-8-19-21)17(22)15-12-14-6-3-4-7-16(14)18-13-15/h5,8-9,12-13H,2-4,6-7,10-11H2,1H3. The van der Waals surface area contributed by atoms with Crippen molar-refractivity contribution in [3.05, 3.63) is 47.5 Å². The molecule has 2 heterocycles. The van der Waals surface area contributed by atoms with Crippen LogP contribution in [-0.4, -0.2) is 38.7 Å². The van der Waals surface area contributed by atoms with E-state index in [1.807, 2.05) is 34.8 Å². The van der Waals surface area contributed by atoms with E-state index in [2.05, 4.69) is 10.1 Å². The van der Waals surface area contributed by atoms with Gasteiger partial charge in [0.15, 0.2) is 0 Å². The zero-order valence-corrected chi connectivity index (χ0v) is 13.0. The van der Waals surface area contributed by atoms with Gasteiger partial charge in [-0.15, -0.1) is 0 Å². The minimum Gasteiger partial charge on any atom is -0.337 e. The van der Waals surface area contributed by atoms with Crippen LogP contribution in [0, 0.1) is 0 Å². The minimum absolute atomic E-state index is 0.0653. The highest BCUT2D eigenvalue weighted by atomic mass is 16.2. The second kappa shape index (κ2) is 6.73. The predicted octanol–water partition coefficient (Wildman–Crippen LogP) is 2.32. The van der Waals surface area contributed by atoms with Crippen LogP contribution in [-0.2, 0) is 19.4 Å². The van der Waals surface area contributed by atoms with Crippen molar-refractivity contribution in [1.82, 2.24) is 19.7 Å². The molecule has 0 spiro atoms. The first-order chi connectivity index (χ1) is 10.8. The van der Waals surface area contributed by atoms with Gasteiger partial charge in [-0.25, -0.2) is 0 Å². The molecule has 0 fully saturated rings. The molecule has 0 saturated heterocycles. The van der Waals surface area contributed by atoms with E-state index >= 15 is 0 Å². The Kier molecular flexibility index (Phi) is 4.51. The highest BCUT2D eigenvalue weighted by Gasteiger charge is 2.18. The number of nitrogens with zero attached hydrogens (tertiary/aromatic N) is 4. The van der Waals surface area contributed by atoms with E-state index in [1.54, 1.807) is 12.4 Å². The number of aromatic nitrogens is 3. The van der Waals surface area contributed by atoms with Crippen LogP contribution in [0.1, 0.15) is 41.4 Å². The smallest absolute Gasteiger partial charge is 0.255 e. The summed E-state index contributed by atoms with van der Waals surface area (Å²) in [5, 5.41) is 4.18. The SMILES string of the molecule is CCN(CCn1cccn1)C(=O)c1cnc2c(c1)CCCC2. The maximum absolute atomic E-state index is 12.7. The fourth-order valence-corrected chi connectivity index (χ4v) is 2.95. The largest absolute Gasteiger partial charge is 0.337 e. The predicted molar refractivity (Wildman–Crippen MR) is 84.7 cm³/mol. The van der Waals surface area contributed by atoms with Gasteiger partial charge in [0.25, 0.3) is 5.91 Å². The Morgan fingerprint density at radius 1 is 1.36 bits per heavy atom. The van der Waals surface area contributed by atoms with Gasteiger partial charge in [-0.05, 0) is 50.3 Å². The summed E-state index contributed by atoms with van der Waals surface area (Å²) in [6.07, 6.45) is 9.90. The number of hydrogen-bond donors (Lipinski definition) is 0. The van der Waals surface area contributed by atoms with E-state index in [9.17, 15) is 4.79 Å². The minimum atomic E-state index is 0.0653. The third-order valence-corrected chi connectivity index (χ3v) is 4.24. The van der Waals surface area contributed by atoms with Crippen molar-refractivity contribution >= 4 is 5.91 Å². The maximum atomic E-state index is 12.7. The molecule has 0 bridgehead atoms. The second-order valence-corrected chi connectivity index (χ2v) is 5.69. The van der Waals surface area contributed by atoms with Crippen molar-refractivity contribution < 1.29 is 4.79 Å². The Morgan fingerprint density at radius 3 is 3.00 bits per heavy atom. The van der Waals surface area contributed by atoms with Gasteiger partial charge < -0.3 is 4.90 Å². The lowest BCUT2D eigenvalue weighted by molar-refractivity contribution is 0.0756. The van der Waals surface area contributed by atoms with Crippen LogP contribution in [0.25, 0.3) is 0 Å². The van der Waals surface area contributed by atoms with E-state index in [1.165, 1.54) is 24.1 Å². The van der Waals surface area contributed by atoms with Crippen LogP contribution in [0.15, 0.2) is 30.7 Å². The summed E-state index contributed by atoms with van der Waals surface area (Å²) in [5.74, 6) is 0.0653. The molecule has 1 aliphatic carbocycles. The lowest BCUT2D eigenvalue weighted by Crippen LogP contribution is -2.34. The zero-order valence-electron chi connectivity index (χ0n) is 13.0. The van der Waals surface area contributed by atoms with Gasteiger partial charge in [-0.1, -0.05) is 0 Å². The summed E-state index contributed by atoms with van der Waals surface area (Å²) in [6, 6.07) is 3.94. The van der Waals surface area contributed by atoms with Crippen LogP contribution < -0.4 is 0 Å². The third kappa shape index (κ3) is 3.18. The van der Waals surface area contributed by atoms with Crippen LogP contribution in [0.4, 0.5) is 0 Å². The molecule has 1 aliphatic rings. The molecule has 22 heavy (non-hydrogen) atoms. The summed E-state index contributed by atoms with van der Waals surface area (Å²) in [4.78, 5) is 19.0. The molecule has 0 atom stereocenters. The Bertz CT molecular complexity index is 636. The van der Waals surface area contributed by atoms with E-state index in [0.717, 1.165) is 12.8 Å². The van der Waals surface area contributed by atoms with Gasteiger partial charge in [0.2, 0.25) is 0 Å². The number of hydrogen-bond acceptors (Lipinski definition) is 3. The van der Waals surface area contributed by atoms with Gasteiger partial charge in [0, 0.05) is 37.4 Å². The molecule has 1 amide bonds. The van der Waals surface area contributed by atoms with Crippen molar-refractivity contribution in [2.75, 3.05) is 13.1 Å². The van der Waals surface area contributed by atoms with E-state index < -0.39 is 0 Å². The van der Waals surface area contributed by atoms with Crippen molar-refractivity contribution in [2.45, 2.75) is 39.2 Å². The van der Waals surface area contributed by atoms with Crippen molar-refractivity contribution in [3.8, 4) is 0 Å². The average molecular weight is 298 g/mol. The Balaban J connectivity index is 1.70. The quantitative estimate of drug-likeness (QED) is 0.851. The summed E-state index contributed by atoms with van der Waals surface area (Å²) < 4.78 is 1.85. The molecule has 0 radical (unpaired) electrons. The van der Waals surface area contributed by atoms with Gasteiger partial charge in [-0.3, -0.25) is 14.5 Å². The highest BCUT2D eigenvalue weighted by molar-refractivity contribution is 5.94. The first-order valence-corrected chi connectivity index (χ1v) is 8.02. The van der Waals surface area contributed by atoms with E-state index in [4.69, 9.17) is 0 Å². The van der Waals surface area contributed by atoms with Crippen LogP contribution >= 0.6 is 0 Å². The Morgan fingerprint density at radius 2 is 2.23 bits per heavy atom. The maximum Gasteiger partial charge on any atom is 0.255 e. The summed E-state index contributed by atoms with van der Waals surface area (Å²) in [7, 11) is 0. The monoisotopic (exact) mass is 298 g/mol. The average Bonchev–Trinajstić information content (AvgIpc) is 3.08. The molecule has 116 valence electrons. The number of carbonyl (C=O) groups excluding carboxylic acids is 1. The van der Waals surface area contributed by atoms with Gasteiger partial charge in [-0.2, -0.15) is 5.10 Å². The summed E-state index contributed by atoms with van der Waals surface area (Å²) >= 11 is 0. The first-order valence-electron chi connectivity index (χ1n) is 8.02. The lowest BCUT2D eigenvalue weighted by atomic mass is 9.95. The number of likely N-dealkylation sites (N-methyl/N-ethyl adjacent to an activating group) is 1. The molecule has 0 saturated carbocycles. The van der Waals surface area contributed by atoms with E-state index in [0.29, 0.717) is 25.2 Å². The fraction of sp³-hybridized carbons (Fsp3) is 0.471. The topological polar surface area (TPSA) is 51.0 Å². The molecule has 2 aromatic rings. The number of rotatable bonds is 5. The van der Waals surface area contributed by atoms with Gasteiger partial charge >= 0.3 is 0 Å². The third-order valence-electron chi connectivity index (χ3n) is 4.24. The summed E-state index contributed by atoms with van der Waals surface area (Å²) in [5.41, 5.74) is 3.13. The first kappa shape index (κ1) is 14.8. The molecule has 5 heteroatoms. The molecule has 0 aromatic carbocycles. The zero-order chi connectivity index (χ0) is 15.4. The number of pyridine rings is 1. The fourth-order valence-electron chi connectivity index (χ4n) is 2.95. The normalized spacial score (nSPS) is 13.7. The second-order valence-electron chi connectivity index (χ2n) is 5.69. The lowest BCUT2D eigenvalue weighted by Gasteiger charge is -2.22. The molecule has 0 N–H and O–H groups in total. The Hall–Kier alpha value is -2.17. The van der Waals surface area contributed by atoms with E-state index in [-0.39, 0.29) is 5.91 Å². The number of aryl methyl sites for hydroxylation is 2. The molecular formula is C17H22N4O. The number of fused-ring (bicyclic) bond motifs is 1. The van der Waals surface area contributed by atoms with Crippen molar-refractivity contribution in [1.29, 1.82) is 0 Å². The molecule has 5 nitrogen and oxygen atoms in total.